The zero-order valence-electron chi connectivity index (χ0n) is 16.8. The summed E-state index contributed by atoms with van der Waals surface area (Å²) in [5.74, 6) is 0.902. The van der Waals surface area contributed by atoms with Crippen LogP contribution >= 0.6 is 23.1 Å². The number of nitrogens with zero attached hydrogens (tertiary/aromatic N) is 5. The summed E-state index contributed by atoms with van der Waals surface area (Å²) in [5.41, 5.74) is 0.803. The van der Waals surface area contributed by atoms with E-state index >= 15 is 0 Å². The van der Waals surface area contributed by atoms with Gasteiger partial charge in [0.2, 0.25) is 0 Å². The van der Waals surface area contributed by atoms with Gasteiger partial charge in [-0.1, -0.05) is 17.8 Å². The molecule has 0 aliphatic heterocycles. The molecule has 1 saturated carbocycles. The maximum Gasteiger partial charge on any atom is 0.343 e. The third kappa shape index (κ3) is 4.02. The molecule has 0 radical (unpaired) electrons. The molecule has 4 heterocycles. The van der Waals surface area contributed by atoms with E-state index in [1.54, 1.807) is 18.3 Å². The summed E-state index contributed by atoms with van der Waals surface area (Å²) in [5, 5.41) is 14.5. The van der Waals surface area contributed by atoms with Crippen LogP contribution in [-0.2, 0) is 16.9 Å². The summed E-state index contributed by atoms with van der Waals surface area (Å²) in [4.78, 5) is 30.4. The molecule has 0 atom stereocenters. The number of fused-ring (bicyclic) bond motifs is 1. The van der Waals surface area contributed by atoms with Crippen molar-refractivity contribution in [1.29, 1.82) is 0 Å². The Morgan fingerprint density at radius 1 is 1.39 bits per heavy atom. The van der Waals surface area contributed by atoms with E-state index in [4.69, 9.17) is 4.74 Å². The first-order chi connectivity index (χ1) is 15.1. The number of hydrogen-bond donors (Lipinski definition) is 1. The van der Waals surface area contributed by atoms with Gasteiger partial charge in [0.1, 0.15) is 11.4 Å². The molecule has 0 bridgehead atoms. The van der Waals surface area contributed by atoms with E-state index in [1.165, 1.54) is 33.4 Å². The van der Waals surface area contributed by atoms with E-state index in [0.29, 0.717) is 17.5 Å². The van der Waals surface area contributed by atoms with Crippen LogP contribution in [0.2, 0.25) is 0 Å². The van der Waals surface area contributed by atoms with E-state index < -0.39 is 5.97 Å². The van der Waals surface area contributed by atoms with Crippen molar-refractivity contribution in [2.75, 3.05) is 6.61 Å². The lowest BCUT2D eigenvalue weighted by Gasteiger charge is -2.08. The van der Waals surface area contributed by atoms with E-state index in [1.807, 2.05) is 6.07 Å². The SMILES string of the molecule is CCOC(=O)c1c[nH]n2c(=O)cc(CSc3nnc(Cc4cccs4)n3C3CC3)nc12. The predicted octanol–water partition coefficient (Wildman–Crippen LogP) is 3.07. The first kappa shape index (κ1) is 20.0. The molecule has 4 aromatic heterocycles. The molecule has 1 N–H and O–H groups in total. The number of aromatic amines is 1. The quantitative estimate of drug-likeness (QED) is 0.321. The molecule has 0 unspecified atom stereocenters. The molecule has 0 amide bonds. The first-order valence-corrected chi connectivity index (χ1v) is 11.9. The summed E-state index contributed by atoms with van der Waals surface area (Å²) in [6, 6.07) is 6.05. The lowest BCUT2D eigenvalue weighted by atomic mass is 10.3. The van der Waals surface area contributed by atoms with Gasteiger partial charge in [-0.2, -0.15) is 0 Å². The molecular weight excluding hydrogens is 436 g/mol. The van der Waals surface area contributed by atoms with Gasteiger partial charge in [-0.3, -0.25) is 9.89 Å². The van der Waals surface area contributed by atoms with Crippen molar-refractivity contribution in [3.8, 4) is 0 Å². The van der Waals surface area contributed by atoms with E-state index in [-0.39, 0.29) is 23.4 Å². The molecule has 0 aromatic carbocycles. The Hall–Kier alpha value is -2.92. The van der Waals surface area contributed by atoms with Crippen molar-refractivity contribution in [3.63, 3.8) is 0 Å². The van der Waals surface area contributed by atoms with Gasteiger partial charge in [0.15, 0.2) is 10.8 Å². The Balaban J connectivity index is 1.40. The smallest absolute Gasteiger partial charge is 0.343 e. The van der Waals surface area contributed by atoms with Crippen LogP contribution in [0.15, 0.2) is 39.7 Å². The van der Waals surface area contributed by atoms with Crippen LogP contribution in [0.1, 0.15) is 52.6 Å². The number of aromatic nitrogens is 6. The highest BCUT2D eigenvalue weighted by molar-refractivity contribution is 7.98. The average Bonchev–Trinajstić information content (AvgIpc) is 3.15. The number of carbonyl (C=O) groups excluding carboxylic acids is 1. The molecule has 11 heteroatoms. The topological polar surface area (TPSA) is 107 Å². The van der Waals surface area contributed by atoms with Crippen molar-refractivity contribution in [2.45, 2.75) is 43.1 Å². The molecular formula is C20H20N6O3S2. The maximum absolute atomic E-state index is 12.5. The number of carbonyl (C=O) groups is 1. The molecule has 5 rings (SSSR count). The van der Waals surface area contributed by atoms with E-state index in [2.05, 4.69) is 36.3 Å². The van der Waals surface area contributed by atoms with Crippen LogP contribution in [0.5, 0.6) is 0 Å². The number of thiophene rings is 1. The molecule has 9 nitrogen and oxygen atoms in total. The number of thioether (sulfide) groups is 1. The number of esters is 1. The highest BCUT2D eigenvalue weighted by Crippen LogP contribution is 2.39. The van der Waals surface area contributed by atoms with Gasteiger partial charge in [-0.15, -0.1) is 21.5 Å². The summed E-state index contributed by atoms with van der Waals surface area (Å²) in [7, 11) is 0. The van der Waals surface area contributed by atoms with Gasteiger partial charge >= 0.3 is 5.97 Å². The largest absolute Gasteiger partial charge is 0.462 e. The molecule has 0 saturated heterocycles. The van der Waals surface area contributed by atoms with Gasteiger partial charge in [0, 0.05) is 35.4 Å². The third-order valence-corrected chi connectivity index (χ3v) is 6.81. The Morgan fingerprint density at radius 2 is 2.26 bits per heavy atom. The van der Waals surface area contributed by atoms with Crippen molar-refractivity contribution < 1.29 is 9.53 Å². The minimum atomic E-state index is -0.510. The number of nitrogens with one attached hydrogen (secondary N) is 1. The molecule has 1 aliphatic rings. The molecule has 1 aliphatic carbocycles. The minimum Gasteiger partial charge on any atom is -0.462 e. The summed E-state index contributed by atoms with van der Waals surface area (Å²) in [6.07, 6.45) is 4.46. The second-order valence-electron chi connectivity index (χ2n) is 7.20. The second-order valence-corrected chi connectivity index (χ2v) is 9.17. The molecule has 31 heavy (non-hydrogen) atoms. The fourth-order valence-electron chi connectivity index (χ4n) is 3.40. The van der Waals surface area contributed by atoms with Crippen LogP contribution in [0, 0.1) is 0 Å². The van der Waals surface area contributed by atoms with Crippen LogP contribution < -0.4 is 5.56 Å². The average molecular weight is 457 g/mol. The number of H-pyrrole nitrogens is 1. The Morgan fingerprint density at radius 3 is 3.00 bits per heavy atom. The zero-order chi connectivity index (χ0) is 21.4. The second kappa shape index (κ2) is 8.31. The fourth-order valence-corrected chi connectivity index (χ4v) is 5.01. The normalized spacial score (nSPS) is 13.7. The van der Waals surface area contributed by atoms with Gasteiger partial charge in [0.05, 0.1) is 12.3 Å². The zero-order valence-corrected chi connectivity index (χ0v) is 18.4. The van der Waals surface area contributed by atoms with Crippen molar-refractivity contribution in [3.05, 3.63) is 62.1 Å². The third-order valence-electron chi connectivity index (χ3n) is 4.95. The lowest BCUT2D eigenvalue weighted by molar-refractivity contribution is 0.0528. The molecule has 4 aromatic rings. The highest BCUT2D eigenvalue weighted by atomic mass is 32.2. The van der Waals surface area contributed by atoms with Gasteiger partial charge in [-0.25, -0.2) is 14.3 Å². The summed E-state index contributed by atoms with van der Waals surface area (Å²) < 4.78 is 8.52. The lowest BCUT2D eigenvalue weighted by Crippen LogP contribution is -2.16. The Kier molecular flexibility index (Phi) is 5.36. The number of rotatable bonds is 8. The standard InChI is InChI=1S/C20H20N6O3S2/c1-2-29-19(28)15-10-21-26-17(27)8-12(22-18(15)26)11-31-20-24-23-16(25(20)13-5-6-13)9-14-4-3-7-30-14/h3-4,7-8,10,13,21H,2,5-6,9,11H2,1H3. The van der Waals surface area contributed by atoms with Crippen LogP contribution in [0.3, 0.4) is 0 Å². The van der Waals surface area contributed by atoms with Gasteiger partial charge in [-0.05, 0) is 31.2 Å². The monoisotopic (exact) mass is 456 g/mol. The first-order valence-electron chi connectivity index (χ1n) is 10.00. The summed E-state index contributed by atoms with van der Waals surface area (Å²) >= 11 is 3.21. The van der Waals surface area contributed by atoms with Crippen molar-refractivity contribution in [1.82, 2.24) is 29.4 Å². The maximum atomic E-state index is 12.5. The Bertz CT molecular complexity index is 1290. The Labute approximate surface area is 185 Å². The van der Waals surface area contributed by atoms with Gasteiger partial charge < -0.3 is 9.30 Å². The van der Waals surface area contributed by atoms with Crippen LogP contribution in [0.4, 0.5) is 0 Å². The minimum absolute atomic E-state index is 0.241. The van der Waals surface area contributed by atoms with Gasteiger partial charge in [0.25, 0.3) is 5.56 Å². The van der Waals surface area contributed by atoms with Crippen LogP contribution in [0.25, 0.3) is 5.65 Å². The number of ether oxygens (including phenoxy) is 1. The highest BCUT2D eigenvalue weighted by Gasteiger charge is 2.30. The van der Waals surface area contributed by atoms with Crippen molar-refractivity contribution >= 4 is 34.7 Å². The van der Waals surface area contributed by atoms with E-state index in [0.717, 1.165) is 30.2 Å². The molecule has 0 spiro atoms. The summed E-state index contributed by atoms with van der Waals surface area (Å²) in [6.45, 7) is 1.98. The predicted molar refractivity (Wildman–Crippen MR) is 117 cm³/mol. The molecule has 160 valence electrons. The van der Waals surface area contributed by atoms with Crippen molar-refractivity contribution in [2.24, 2.45) is 0 Å². The number of hydrogen-bond acceptors (Lipinski definition) is 8. The van der Waals surface area contributed by atoms with Crippen LogP contribution in [-0.4, -0.2) is 41.9 Å². The van der Waals surface area contributed by atoms with E-state index in [9.17, 15) is 9.59 Å². The fraction of sp³-hybridized carbons (Fsp3) is 0.350. The molecule has 1 fully saturated rings.